The van der Waals surface area contributed by atoms with Gasteiger partial charge in [0.05, 0.1) is 5.25 Å². The van der Waals surface area contributed by atoms with E-state index in [-0.39, 0.29) is 11.8 Å². The lowest BCUT2D eigenvalue weighted by molar-refractivity contribution is -0.142. The van der Waals surface area contributed by atoms with Crippen LogP contribution in [0, 0.1) is 5.92 Å². The van der Waals surface area contributed by atoms with Gasteiger partial charge >= 0.3 is 5.97 Å². The first-order chi connectivity index (χ1) is 9.40. The molecule has 0 saturated heterocycles. The zero-order chi connectivity index (χ0) is 15.1. The molecule has 1 aromatic rings. The molecule has 0 heterocycles. The van der Waals surface area contributed by atoms with Crippen LogP contribution in [0.2, 0.25) is 0 Å². The summed E-state index contributed by atoms with van der Waals surface area (Å²) in [6.45, 7) is 3.84. The molecule has 110 valence electrons. The van der Waals surface area contributed by atoms with Crippen LogP contribution in [-0.4, -0.2) is 28.3 Å². The predicted molar refractivity (Wildman–Crippen MR) is 81.9 cm³/mol. The van der Waals surface area contributed by atoms with E-state index in [0.717, 1.165) is 5.56 Å². The Morgan fingerprint density at radius 2 is 1.85 bits per heavy atom. The van der Waals surface area contributed by atoms with Crippen LogP contribution in [0.15, 0.2) is 30.3 Å². The van der Waals surface area contributed by atoms with Crippen molar-refractivity contribution in [3.05, 3.63) is 35.9 Å². The van der Waals surface area contributed by atoms with E-state index < -0.39 is 17.3 Å². The molecule has 4 nitrogen and oxygen atoms in total. The maximum Gasteiger partial charge on any atom is 0.326 e. The molecule has 5 heteroatoms. The molecule has 0 aliphatic heterocycles. The van der Waals surface area contributed by atoms with E-state index in [9.17, 15) is 9.59 Å². The molecule has 0 aliphatic rings. The smallest absolute Gasteiger partial charge is 0.326 e. The fraction of sp³-hybridized carbons (Fsp3) is 0.467. The second kappa shape index (κ2) is 7.94. The number of carboxylic acids is 1. The SMILES string of the molecule is CC(C)C[C@H](NC(=O)C(S)Cc1ccccc1)C(=O)O. The summed E-state index contributed by atoms with van der Waals surface area (Å²) in [4.78, 5) is 23.1. The van der Waals surface area contributed by atoms with Crippen molar-refractivity contribution in [2.75, 3.05) is 0 Å². The van der Waals surface area contributed by atoms with Gasteiger partial charge in [0, 0.05) is 0 Å². The number of amides is 1. The lowest BCUT2D eigenvalue weighted by Gasteiger charge is -2.19. The van der Waals surface area contributed by atoms with Crippen molar-refractivity contribution in [3.8, 4) is 0 Å². The van der Waals surface area contributed by atoms with E-state index in [1.807, 2.05) is 44.2 Å². The normalized spacial score (nSPS) is 13.8. The molecule has 0 radical (unpaired) electrons. The Morgan fingerprint density at radius 1 is 1.25 bits per heavy atom. The van der Waals surface area contributed by atoms with Crippen molar-refractivity contribution in [2.24, 2.45) is 5.92 Å². The van der Waals surface area contributed by atoms with Gasteiger partial charge < -0.3 is 10.4 Å². The number of thiol groups is 1. The van der Waals surface area contributed by atoms with Crippen LogP contribution in [0.1, 0.15) is 25.8 Å². The van der Waals surface area contributed by atoms with Crippen LogP contribution >= 0.6 is 12.6 Å². The molecule has 2 N–H and O–H groups in total. The molecular weight excluding hydrogens is 274 g/mol. The highest BCUT2D eigenvalue weighted by Gasteiger charge is 2.24. The standard InChI is InChI=1S/C15H21NO3S/c1-10(2)8-12(15(18)19)16-14(17)13(20)9-11-6-4-3-5-7-11/h3-7,10,12-13,20H,8-9H2,1-2H3,(H,16,17)(H,18,19)/t12-,13?/m0/s1. The first kappa shape index (κ1) is 16.6. The Bertz CT molecular complexity index is 448. The maximum atomic E-state index is 12.0. The molecule has 0 aromatic heterocycles. The number of nitrogens with one attached hydrogen (secondary N) is 1. The van der Waals surface area contributed by atoms with Crippen molar-refractivity contribution in [1.29, 1.82) is 0 Å². The third-order valence-electron chi connectivity index (χ3n) is 2.90. The van der Waals surface area contributed by atoms with Gasteiger partial charge in [-0.15, -0.1) is 0 Å². The van der Waals surface area contributed by atoms with Crippen molar-refractivity contribution in [3.63, 3.8) is 0 Å². The Morgan fingerprint density at radius 3 is 2.35 bits per heavy atom. The lowest BCUT2D eigenvalue weighted by Crippen LogP contribution is -2.45. The predicted octanol–water partition coefficient (Wildman–Crippen LogP) is 2.14. The number of carboxylic acid groups (broad SMARTS) is 1. The molecule has 1 rings (SSSR count). The van der Waals surface area contributed by atoms with Crippen molar-refractivity contribution in [1.82, 2.24) is 5.32 Å². The van der Waals surface area contributed by atoms with E-state index >= 15 is 0 Å². The van der Waals surface area contributed by atoms with E-state index in [0.29, 0.717) is 12.8 Å². The van der Waals surface area contributed by atoms with E-state index in [1.165, 1.54) is 0 Å². The summed E-state index contributed by atoms with van der Waals surface area (Å²) in [5, 5.41) is 11.1. The number of hydrogen-bond donors (Lipinski definition) is 3. The molecule has 0 spiro atoms. The third-order valence-corrected chi connectivity index (χ3v) is 3.31. The fourth-order valence-electron chi connectivity index (χ4n) is 1.89. The molecule has 0 bridgehead atoms. The van der Waals surface area contributed by atoms with Gasteiger partial charge in [0.2, 0.25) is 5.91 Å². The molecule has 0 saturated carbocycles. The second-order valence-corrected chi connectivity index (χ2v) is 5.86. The molecule has 20 heavy (non-hydrogen) atoms. The Hall–Kier alpha value is -1.49. The number of hydrogen-bond acceptors (Lipinski definition) is 3. The van der Waals surface area contributed by atoms with Crippen molar-refractivity contribution in [2.45, 2.75) is 38.0 Å². The molecule has 1 amide bonds. The average molecular weight is 295 g/mol. The summed E-state index contributed by atoms with van der Waals surface area (Å²) < 4.78 is 0. The second-order valence-electron chi connectivity index (χ2n) is 5.23. The van der Waals surface area contributed by atoms with E-state index in [4.69, 9.17) is 5.11 Å². The summed E-state index contributed by atoms with van der Waals surface area (Å²) in [5.74, 6) is -1.15. The fourth-order valence-corrected chi connectivity index (χ4v) is 2.18. The number of rotatable bonds is 7. The van der Waals surface area contributed by atoms with Gasteiger partial charge in [0.1, 0.15) is 6.04 Å². The third kappa shape index (κ3) is 5.65. The average Bonchev–Trinajstić information content (AvgIpc) is 2.38. The highest BCUT2D eigenvalue weighted by atomic mass is 32.1. The Kier molecular flexibility index (Phi) is 6.58. The van der Waals surface area contributed by atoms with E-state index in [1.54, 1.807) is 0 Å². The van der Waals surface area contributed by atoms with Gasteiger partial charge in [-0.25, -0.2) is 4.79 Å². The number of aliphatic carboxylic acids is 1. The van der Waals surface area contributed by atoms with Gasteiger partial charge in [-0.3, -0.25) is 4.79 Å². The number of carbonyl (C=O) groups excluding carboxylic acids is 1. The summed E-state index contributed by atoms with van der Waals surface area (Å²) in [7, 11) is 0. The quantitative estimate of drug-likeness (QED) is 0.675. The molecule has 0 fully saturated rings. The van der Waals surface area contributed by atoms with Crippen LogP contribution in [0.5, 0.6) is 0 Å². The highest BCUT2D eigenvalue weighted by Crippen LogP contribution is 2.10. The van der Waals surface area contributed by atoms with Crippen LogP contribution in [0.3, 0.4) is 0 Å². The maximum absolute atomic E-state index is 12.0. The lowest BCUT2D eigenvalue weighted by atomic mass is 10.0. The molecular formula is C15H21NO3S. The Labute approximate surface area is 125 Å². The first-order valence-electron chi connectivity index (χ1n) is 6.65. The molecule has 1 aromatic carbocycles. The molecule has 2 atom stereocenters. The van der Waals surface area contributed by atoms with Gasteiger partial charge in [-0.05, 0) is 24.3 Å². The molecule has 1 unspecified atom stereocenters. The van der Waals surface area contributed by atoms with Crippen LogP contribution in [0.25, 0.3) is 0 Å². The largest absolute Gasteiger partial charge is 0.480 e. The minimum atomic E-state index is -1.01. The monoisotopic (exact) mass is 295 g/mol. The van der Waals surface area contributed by atoms with Crippen LogP contribution in [0.4, 0.5) is 0 Å². The van der Waals surface area contributed by atoms with Crippen molar-refractivity contribution >= 4 is 24.5 Å². The summed E-state index contributed by atoms with van der Waals surface area (Å²) in [6, 6.07) is 8.67. The van der Waals surface area contributed by atoms with Gasteiger partial charge in [0.15, 0.2) is 0 Å². The zero-order valence-corrected chi connectivity index (χ0v) is 12.6. The summed E-state index contributed by atoms with van der Waals surface area (Å²) in [6.07, 6.45) is 0.886. The van der Waals surface area contributed by atoms with Gasteiger partial charge in [-0.1, -0.05) is 44.2 Å². The van der Waals surface area contributed by atoms with Gasteiger partial charge in [-0.2, -0.15) is 12.6 Å². The summed E-state index contributed by atoms with van der Waals surface area (Å²) >= 11 is 4.27. The number of carbonyl (C=O) groups is 2. The number of benzene rings is 1. The van der Waals surface area contributed by atoms with Gasteiger partial charge in [0.25, 0.3) is 0 Å². The zero-order valence-electron chi connectivity index (χ0n) is 11.7. The first-order valence-corrected chi connectivity index (χ1v) is 7.17. The minimum absolute atomic E-state index is 0.198. The van der Waals surface area contributed by atoms with Crippen LogP contribution < -0.4 is 5.32 Å². The van der Waals surface area contributed by atoms with Crippen molar-refractivity contribution < 1.29 is 14.7 Å². The Balaban J connectivity index is 2.57. The minimum Gasteiger partial charge on any atom is -0.480 e. The highest BCUT2D eigenvalue weighted by molar-refractivity contribution is 7.81. The van der Waals surface area contributed by atoms with Crippen LogP contribution in [-0.2, 0) is 16.0 Å². The van der Waals surface area contributed by atoms with E-state index in [2.05, 4.69) is 17.9 Å². The topological polar surface area (TPSA) is 66.4 Å². The summed E-state index contributed by atoms with van der Waals surface area (Å²) in [5.41, 5.74) is 0.999. The molecule has 0 aliphatic carbocycles.